The number of halogens is 1. The second-order valence-corrected chi connectivity index (χ2v) is 10.1. The normalized spacial score (nSPS) is 13.6. The summed E-state index contributed by atoms with van der Waals surface area (Å²) in [6.07, 6.45) is 4.51. The molecule has 188 valence electrons. The zero-order valence-corrected chi connectivity index (χ0v) is 22.0. The number of aryl methyl sites for hydroxylation is 1. The van der Waals surface area contributed by atoms with E-state index in [1.165, 1.54) is 23.3 Å². The van der Waals surface area contributed by atoms with E-state index in [2.05, 4.69) is 6.92 Å². The van der Waals surface area contributed by atoms with E-state index in [-0.39, 0.29) is 43.4 Å². The first-order valence-electron chi connectivity index (χ1n) is 12.4. The Morgan fingerprint density at radius 1 is 1.09 bits per heavy atom. The van der Waals surface area contributed by atoms with Crippen molar-refractivity contribution in [2.75, 3.05) is 31.2 Å². The number of carbonyl (C=O) groups is 3. The highest BCUT2D eigenvalue weighted by atomic mass is 35.5. The minimum Gasteiger partial charge on any atom is -0.329 e. The number of benzene rings is 2. The van der Waals surface area contributed by atoms with Gasteiger partial charge in [0.15, 0.2) is 0 Å². The third-order valence-electron chi connectivity index (χ3n) is 6.29. The van der Waals surface area contributed by atoms with E-state index in [0.717, 1.165) is 18.4 Å². The Kier molecular flexibility index (Phi) is 9.33. The van der Waals surface area contributed by atoms with Gasteiger partial charge >= 0.3 is 0 Å². The Morgan fingerprint density at radius 3 is 2.46 bits per heavy atom. The van der Waals surface area contributed by atoms with Gasteiger partial charge in [-0.1, -0.05) is 63.4 Å². The molecule has 0 aromatic heterocycles. The van der Waals surface area contributed by atoms with Crippen LogP contribution in [0, 0.1) is 12.8 Å². The highest BCUT2D eigenvalue weighted by molar-refractivity contribution is 6.31. The van der Waals surface area contributed by atoms with Gasteiger partial charge in [0, 0.05) is 22.8 Å². The monoisotopic (exact) mass is 497 g/mol. The van der Waals surface area contributed by atoms with E-state index < -0.39 is 0 Å². The van der Waals surface area contributed by atoms with E-state index >= 15 is 0 Å². The van der Waals surface area contributed by atoms with Crippen molar-refractivity contribution in [1.82, 2.24) is 9.80 Å². The molecule has 0 radical (unpaired) electrons. The van der Waals surface area contributed by atoms with E-state index in [9.17, 15) is 14.4 Å². The van der Waals surface area contributed by atoms with Crippen LogP contribution < -0.4 is 4.90 Å². The van der Waals surface area contributed by atoms with Gasteiger partial charge in [-0.3, -0.25) is 19.3 Å². The van der Waals surface area contributed by atoms with E-state index in [1.807, 2.05) is 51.1 Å². The molecular weight excluding hydrogens is 462 g/mol. The van der Waals surface area contributed by atoms with Gasteiger partial charge in [0.05, 0.1) is 0 Å². The van der Waals surface area contributed by atoms with Gasteiger partial charge in [-0.15, -0.1) is 0 Å². The van der Waals surface area contributed by atoms with Crippen LogP contribution in [0.4, 0.5) is 5.69 Å². The molecule has 2 aromatic rings. The van der Waals surface area contributed by atoms with Gasteiger partial charge in [-0.2, -0.15) is 0 Å². The summed E-state index contributed by atoms with van der Waals surface area (Å²) in [5.41, 5.74) is 3.29. The lowest BCUT2D eigenvalue weighted by Gasteiger charge is -2.27. The van der Waals surface area contributed by atoms with Crippen molar-refractivity contribution in [2.45, 2.75) is 53.4 Å². The predicted octanol–water partition coefficient (Wildman–Crippen LogP) is 5.31. The molecule has 1 aliphatic rings. The summed E-state index contributed by atoms with van der Waals surface area (Å²) in [7, 11) is 0. The number of hydrogen-bond donors (Lipinski definition) is 0. The van der Waals surface area contributed by atoms with Crippen LogP contribution in [0.1, 0.15) is 61.5 Å². The number of hydrogen-bond acceptors (Lipinski definition) is 3. The Labute approximate surface area is 213 Å². The molecule has 35 heavy (non-hydrogen) atoms. The lowest BCUT2D eigenvalue weighted by molar-refractivity contribution is -0.132. The SMILES string of the molecule is CCCCCc1ccc(C(=O)N(CC(=O)N2CC(=O)N(c3cccc(Cl)c3C)C2)CC(C)C)cc1. The molecule has 6 nitrogen and oxygen atoms in total. The average molecular weight is 498 g/mol. The van der Waals surface area contributed by atoms with Gasteiger partial charge in [-0.05, 0) is 61.1 Å². The van der Waals surface area contributed by atoms with Crippen molar-refractivity contribution in [3.8, 4) is 0 Å². The maximum absolute atomic E-state index is 13.3. The largest absolute Gasteiger partial charge is 0.329 e. The Bertz CT molecular complexity index is 1050. The lowest BCUT2D eigenvalue weighted by atomic mass is 10.0. The highest BCUT2D eigenvalue weighted by Gasteiger charge is 2.34. The number of rotatable bonds is 10. The van der Waals surface area contributed by atoms with Crippen LogP contribution in [-0.4, -0.2) is 53.8 Å². The van der Waals surface area contributed by atoms with Crippen LogP contribution in [0.5, 0.6) is 0 Å². The maximum atomic E-state index is 13.3. The van der Waals surface area contributed by atoms with E-state index in [0.29, 0.717) is 22.8 Å². The quantitative estimate of drug-likeness (QED) is 0.418. The maximum Gasteiger partial charge on any atom is 0.254 e. The first-order chi connectivity index (χ1) is 16.7. The van der Waals surface area contributed by atoms with Crippen molar-refractivity contribution >= 4 is 35.0 Å². The van der Waals surface area contributed by atoms with Crippen molar-refractivity contribution in [3.05, 3.63) is 64.2 Å². The van der Waals surface area contributed by atoms with Crippen molar-refractivity contribution in [2.24, 2.45) is 5.92 Å². The first kappa shape index (κ1) is 26.7. The fourth-order valence-electron chi connectivity index (χ4n) is 4.31. The first-order valence-corrected chi connectivity index (χ1v) is 12.8. The van der Waals surface area contributed by atoms with Crippen LogP contribution in [0.3, 0.4) is 0 Å². The second-order valence-electron chi connectivity index (χ2n) is 9.67. The van der Waals surface area contributed by atoms with Gasteiger partial charge in [0.2, 0.25) is 11.8 Å². The Hall–Kier alpha value is -2.86. The summed E-state index contributed by atoms with van der Waals surface area (Å²) in [5, 5.41) is 0.574. The number of amides is 3. The van der Waals surface area contributed by atoms with Gasteiger partial charge < -0.3 is 9.80 Å². The van der Waals surface area contributed by atoms with Crippen LogP contribution in [0.25, 0.3) is 0 Å². The topological polar surface area (TPSA) is 60.9 Å². The third kappa shape index (κ3) is 6.85. The fourth-order valence-corrected chi connectivity index (χ4v) is 4.48. The molecule has 3 amide bonds. The summed E-state index contributed by atoms with van der Waals surface area (Å²) in [4.78, 5) is 43.8. The average Bonchev–Trinajstić information content (AvgIpc) is 3.22. The molecule has 0 unspecified atom stereocenters. The fraction of sp³-hybridized carbons (Fsp3) is 0.464. The summed E-state index contributed by atoms with van der Waals surface area (Å²) >= 11 is 6.23. The lowest BCUT2D eigenvalue weighted by Crippen LogP contribution is -2.44. The van der Waals surface area contributed by atoms with Crippen LogP contribution in [-0.2, 0) is 16.0 Å². The van der Waals surface area contributed by atoms with Gasteiger partial charge in [0.1, 0.15) is 19.8 Å². The number of unbranched alkanes of at least 4 members (excludes halogenated alkanes) is 2. The zero-order chi connectivity index (χ0) is 25.5. The third-order valence-corrected chi connectivity index (χ3v) is 6.70. The molecule has 1 aliphatic heterocycles. The summed E-state index contributed by atoms with van der Waals surface area (Å²) in [6, 6.07) is 13.1. The zero-order valence-electron chi connectivity index (χ0n) is 21.2. The predicted molar refractivity (Wildman–Crippen MR) is 141 cm³/mol. The second kappa shape index (κ2) is 12.2. The minimum absolute atomic E-state index is 0.0129. The number of anilines is 1. The van der Waals surface area contributed by atoms with Crippen LogP contribution in [0.15, 0.2) is 42.5 Å². The van der Waals surface area contributed by atoms with Crippen molar-refractivity contribution in [3.63, 3.8) is 0 Å². The molecule has 7 heteroatoms. The number of nitrogens with zero attached hydrogens (tertiary/aromatic N) is 3. The molecule has 0 aliphatic carbocycles. The molecule has 0 bridgehead atoms. The Balaban J connectivity index is 1.69. The summed E-state index contributed by atoms with van der Waals surface area (Å²) < 4.78 is 0. The Morgan fingerprint density at radius 2 is 1.80 bits per heavy atom. The van der Waals surface area contributed by atoms with Crippen LogP contribution >= 0.6 is 11.6 Å². The number of carbonyl (C=O) groups excluding carboxylic acids is 3. The smallest absolute Gasteiger partial charge is 0.254 e. The minimum atomic E-state index is -0.245. The molecule has 2 aromatic carbocycles. The molecule has 0 atom stereocenters. The molecule has 0 spiro atoms. The molecule has 0 saturated carbocycles. The van der Waals surface area contributed by atoms with Crippen LogP contribution in [0.2, 0.25) is 5.02 Å². The van der Waals surface area contributed by atoms with E-state index in [1.54, 1.807) is 21.9 Å². The molecule has 3 rings (SSSR count). The van der Waals surface area contributed by atoms with Crippen molar-refractivity contribution in [1.29, 1.82) is 0 Å². The molecule has 0 N–H and O–H groups in total. The van der Waals surface area contributed by atoms with E-state index in [4.69, 9.17) is 11.6 Å². The molecule has 1 heterocycles. The molecule has 1 saturated heterocycles. The molecular formula is C28H36ClN3O3. The summed E-state index contributed by atoms with van der Waals surface area (Å²) in [6.45, 7) is 8.60. The highest BCUT2D eigenvalue weighted by Crippen LogP contribution is 2.28. The molecule has 1 fully saturated rings. The van der Waals surface area contributed by atoms with Gasteiger partial charge in [0.25, 0.3) is 5.91 Å². The standard InChI is InChI=1S/C28H36ClN3O3/c1-5-6-7-9-22-12-14-23(15-13-22)28(35)30(16-20(2)3)17-26(33)31-18-27(34)32(19-31)25-11-8-10-24(29)21(25)4/h8,10-15,20H,5-7,9,16-19H2,1-4H3. The van der Waals surface area contributed by atoms with Gasteiger partial charge in [-0.25, -0.2) is 0 Å². The summed E-state index contributed by atoms with van der Waals surface area (Å²) in [5.74, 6) is -0.374. The van der Waals surface area contributed by atoms with Crippen molar-refractivity contribution < 1.29 is 14.4 Å².